The van der Waals surface area contributed by atoms with E-state index in [1.165, 1.54) is 12.3 Å². The van der Waals surface area contributed by atoms with E-state index in [1.54, 1.807) is 23.7 Å². The number of carbonyl (C=O) groups is 1. The lowest BCUT2D eigenvalue weighted by Gasteiger charge is -2.14. The Kier molecular flexibility index (Phi) is 6.03. The van der Waals surface area contributed by atoms with Crippen molar-refractivity contribution in [3.8, 4) is 11.1 Å². The topological polar surface area (TPSA) is 86.1 Å². The maximum Gasteiger partial charge on any atom is 0.251 e. The molecule has 2 aromatic carbocycles. The Morgan fingerprint density at radius 3 is 2.52 bits per heavy atom. The summed E-state index contributed by atoms with van der Waals surface area (Å²) >= 11 is 5.73. The molecule has 0 saturated heterocycles. The average Bonchev–Trinajstić information content (AvgIpc) is 3.59. The van der Waals surface area contributed by atoms with Gasteiger partial charge in [0, 0.05) is 47.3 Å². The van der Waals surface area contributed by atoms with Crippen LogP contribution in [0.2, 0.25) is 0 Å². The molecular formula is C25H24F2N4OS. The van der Waals surface area contributed by atoms with Gasteiger partial charge < -0.3 is 21.4 Å². The minimum absolute atomic E-state index is 0.0483. The number of rotatable bonds is 4. The maximum absolute atomic E-state index is 14.4. The molecule has 0 unspecified atom stereocenters. The van der Waals surface area contributed by atoms with Gasteiger partial charge in [-0.3, -0.25) is 4.79 Å². The van der Waals surface area contributed by atoms with Crippen molar-refractivity contribution in [3.05, 3.63) is 86.0 Å². The fourth-order valence-electron chi connectivity index (χ4n) is 3.80. The van der Waals surface area contributed by atoms with Crippen LogP contribution < -0.4 is 27.4 Å². The number of amides is 1. The van der Waals surface area contributed by atoms with Crippen molar-refractivity contribution in [1.29, 1.82) is 0 Å². The van der Waals surface area contributed by atoms with Gasteiger partial charge >= 0.3 is 0 Å². The average molecular weight is 467 g/mol. The molecule has 0 radical (unpaired) electrons. The zero-order valence-electron chi connectivity index (χ0n) is 18.3. The molecule has 0 atom stereocenters. The van der Waals surface area contributed by atoms with Crippen molar-refractivity contribution in [2.24, 2.45) is 18.5 Å². The third-order valence-corrected chi connectivity index (χ3v) is 6.30. The number of aryl methyl sites for hydroxylation is 1. The van der Waals surface area contributed by atoms with Crippen molar-refractivity contribution in [3.63, 3.8) is 0 Å². The molecule has 1 saturated carbocycles. The monoisotopic (exact) mass is 466 g/mol. The molecule has 5 N–H and O–H groups in total. The standard InChI is InChI=1S/C25H24F2N4OS/c1-13-3-4-14(24(32)30-17-6-7-17)9-19(13)20-10-15(12-28)23(31(2)25(20)33)22(29)18-8-5-16(26)11-21(18)27/h3-5,8-12,17H,6-7,28-29H2,1-2H3,(H,30,32)/b15-12-,23-22+. The normalized spacial score (nSPS) is 14.8. The fourth-order valence-corrected chi connectivity index (χ4v) is 4.06. The third-order valence-electron chi connectivity index (χ3n) is 5.80. The molecule has 1 aliphatic carbocycles. The summed E-state index contributed by atoms with van der Waals surface area (Å²) in [6.45, 7) is 1.93. The summed E-state index contributed by atoms with van der Waals surface area (Å²) in [5, 5.41) is 3.93. The van der Waals surface area contributed by atoms with E-state index in [1.807, 2.05) is 19.1 Å². The predicted octanol–water partition coefficient (Wildman–Crippen LogP) is 2.71. The van der Waals surface area contributed by atoms with Gasteiger partial charge in [0.1, 0.15) is 16.3 Å². The van der Waals surface area contributed by atoms with E-state index in [0.717, 1.165) is 36.1 Å². The largest absolute Gasteiger partial charge is 0.404 e. The first-order chi connectivity index (χ1) is 15.7. The van der Waals surface area contributed by atoms with Crippen LogP contribution in [-0.2, 0) is 7.05 Å². The lowest BCUT2D eigenvalue weighted by molar-refractivity contribution is 0.0951. The van der Waals surface area contributed by atoms with Crippen LogP contribution in [0.4, 0.5) is 8.78 Å². The number of halogens is 2. The lowest BCUT2D eigenvalue weighted by Crippen LogP contribution is -2.40. The van der Waals surface area contributed by atoms with Gasteiger partial charge in [0.2, 0.25) is 0 Å². The third kappa shape index (κ3) is 4.39. The van der Waals surface area contributed by atoms with Gasteiger partial charge in [0.25, 0.3) is 5.91 Å². The zero-order chi connectivity index (χ0) is 23.9. The second kappa shape index (κ2) is 8.78. The van der Waals surface area contributed by atoms with Crippen molar-refractivity contribution in [2.45, 2.75) is 25.8 Å². The van der Waals surface area contributed by atoms with E-state index < -0.39 is 11.6 Å². The number of carbonyl (C=O) groups excluding carboxylic acids is 1. The van der Waals surface area contributed by atoms with Crippen LogP contribution in [-0.4, -0.2) is 16.5 Å². The molecule has 1 aliphatic rings. The summed E-state index contributed by atoms with van der Waals surface area (Å²) in [4.78, 5) is 12.6. The first-order valence-corrected chi connectivity index (χ1v) is 10.9. The number of benzene rings is 2. The molecule has 4 rings (SSSR count). The molecule has 1 heterocycles. The molecule has 1 aromatic heterocycles. The Morgan fingerprint density at radius 1 is 1.15 bits per heavy atom. The van der Waals surface area contributed by atoms with Gasteiger partial charge in [-0.25, -0.2) is 8.78 Å². The number of aromatic nitrogens is 1. The Balaban J connectivity index is 1.93. The smallest absolute Gasteiger partial charge is 0.251 e. The Hall–Kier alpha value is -3.52. The Morgan fingerprint density at radius 2 is 1.88 bits per heavy atom. The Labute approximate surface area is 195 Å². The molecule has 0 spiro atoms. The first-order valence-electron chi connectivity index (χ1n) is 10.5. The van der Waals surface area contributed by atoms with Crippen LogP contribution in [0.25, 0.3) is 23.0 Å². The molecule has 1 amide bonds. The number of nitrogens with two attached hydrogens (primary N) is 2. The molecule has 8 heteroatoms. The second-order valence-electron chi connectivity index (χ2n) is 8.21. The summed E-state index contributed by atoms with van der Waals surface area (Å²) < 4.78 is 29.9. The van der Waals surface area contributed by atoms with Crippen molar-refractivity contribution in [1.82, 2.24) is 9.88 Å². The van der Waals surface area contributed by atoms with E-state index >= 15 is 0 Å². The first kappa shape index (κ1) is 22.7. The van der Waals surface area contributed by atoms with Gasteiger partial charge in [0.05, 0.1) is 11.0 Å². The summed E-state index contributed by atoms with van der Waals surface area (Å²) in [7, 11) is 1.71. The highest BCUT2D eigenvalue weighted by molar-refractivity contribution is 7.71. The minimum atomic E-state index is -0.782. The van der Waals surface area contributed by atoms with Crippen LogP contribution in [0.1, 0.15) is 34.3 Å². The summed E-state index contributed by atoms with van der Waals surface area (Å²) in [6.07, 6.45) is 3.36. The maximum atomic E-state index is 14.4. The number of nitrogens with zero attached hydrogens (tertiary/aromatic N) is 1. The van der Waals surface area contributed by atoms with Crippen LogP contribution in [0.15, 0.2) is 42.5 Å². The van der Waals surface area contributed by atoms with Gasteiger partial charge in [-0.1, -0.05) is 18.3 Å². The molecule has 0 aliphatic heterocycles. The highest BCUT2D eigenvalue weighted by Gasteiger charge is 2.24. The molecule has 170 valence electrons. The van der Waals surface area contributed by atoms with E-state index in [0.29, 0.717) is 26.3 Å². The number of hydrogen-bond donors (Lipinski definition) is 3. The second-order valence-corrected chi connectivity index (χ2v) is 8.59. The van der Waals surface area contributed by atoms with E-state index in [2.05, 4.69) is 5.32 Å². The van der Waals surface area contributed by atoms with E-state index in [4.69, 9.17) is 23.7 Å². The summed E-state index contributed by atoms with van der Waals surface area (Å²) in [5.41, 5.74) is 15.3. The molecule has 0 bridgehead atoms. The number of pyridine rings is 1. The van der Waals surface area contributed by atoms with Gasteiger partial charge in [-0.15, -0.1) is 0 Å². The van der Waals surface area contributed by atoms with Gasteiger partial charge in [-0.2, -0.15) is 0 Å². The summed E-state index contributed by atoms with van der Waals surface area (Å²) in [5.74, 6) is -1.60. The van der Waals surface area contributed by atoms with Crippen LogP contribution >= 0.6 is 12.2 Å². The van der Waals surface area contributed by atoms with E-state index in [9.17, 15) is 13.6 Å². The fraction of sp³-hybridized carbons (Fsp3) is 0.200. The predicted molar refractivity (Wildman–Crippen MR) is 128 cm³/mol. The van der Waals surface area contributed by atoms with Crippen LogP contribution in [0.5, 0.6) is 0 Å². The van der Waals surface area contributed by atoms with Crippen molar-refractivity contribution >= 4 is 30.0 Å². The summed E-state index contributed by atoms with van der Waals surface area (Å²) in [6, 6.07) is 10.7. The van der Waals surface area contributed by atoms with Gasteiger partial charge in [0.15, 0.2) is 0 Å². The SMILES string of the molecule is Cc1ccc(C(=O)NC2CC2)cc1-c1cc(=C/N)/c(=C(\N)c2ccc(F)cc2F)n(C)c1=S. The molecule has 3 aromatic rings. The minimum Gasteiger partial charge on any atom is -0.404 e. The van der Waals surface area contributed by atoms with Crippen molar-refractivity contribution in [2.75, 3.05) is 0 Å². The molecule has 33 heavy (non-hydrogen) atoms. The quantitative estimate of drug-likeness (QED) is 0.516. The van der Waals surface area contributed by atoms with E-state index in [-0.39, 0.29) is 23.2 Å². The molecular weight excluding hydrogens is 442 g/mol. The highest BCUT2D eigenvalue weighted by Crippen LogP contribution is 2.26. The van der Waals surface area contributed by atoms with Crippen LogP contribution in [0, 0.1) is 23.2 Å². The lowest BCUT2D eigenvalue weighted by atomic mass is 9.98. The van der Waals surface area contributed by atoms with Gasteiger partial charge in [-0.05, 0) is 61.2 Å². The number of hydrogen-bond acceptors (Lipinski definition) is 4. The zero-order valence-corrected chi connectivity index (χ0v) is 19.1. The molecule has 1 fully saturated rings. The number of nitrogens with one attached hydrogen (secondary N) is 1. The molecule has 5 nitrogen and oxygen atoms in total. The highest BCUT2D eigenvalue weighted by atomic mass is 32.1. The van der Waals surface area contributed by atoms with Crippen molar-refractivity contribution < 1.29 is 13.6 Å². The van der Waals surface area contributed by atoms with Crippen LogP contribution in [0.3, 0.4) is 0 Å². The Bertz CT molecular complexity index is 1460.